The van der Waals surface area contributed by atoms with Crippen molar-refractivity contribution in [3.63, 3.8) is 0 Å². The van der Waals surface area contributed by atoms with Crippen molar-refractivity contribution >= 4 is 34.4 Å². The van der Waals surface area contributed by atoms with Crippen molar-refractivity contribution in [2.45, 2.75) is 25.8 Å². The fourth-order valence-corrected chi connectivity index (χ4v) is 3.48. The molecule has 5 N–H and O–H groups in total. The third kappa shape index (κ3) is 5.34. The van der Waals surface area contributed by atoms with Crippen molar-refractivity contribution in [1.82, 2.24) is 20.4 Å². The van der Waals surface area contributed by atoms with E-state index in [1.54, 1.807) is 12.1 Å². The fraction of sp³-hybridized carbons (Fsp3) is 0.167. The lowest BCUT2D eigenvalue weighted by Crippen LogP contribution is -2.21. The van der Waals surface area contributed by atoms with Crippen LogP contribution in [0.3, 0.4) is 0 Å². The van der Waals surface area contributed by atoms with E-state index in [1.807, 2.05) is 36.4 Å². The number of aromatic nitrogens is 3. The van der Waals surface area contributed by atoms with Gasteiger partial charge < -0.3 is 15.6 Å². The second-order valence-corrected chi connectivity index (χ2v) is 7.60. The van der Waals surface area contributed by atoms with Gasteiger partial charge in [0.05, 0.1) is 5.39 Å². The zero-order valence-corrected chi connectivity index (χ0v) is 18.0. The quantitative estimate of drug-likeness (QED) is 0.206. The molecule has 0 aliphatic heterocycles. The summed E-state index contributed by atoms with van der Waals surface area (Å²) in [5, 5.41) is 15.6. The Kier molecular flexibility index (Phi) is 6.61. The van der Waals surface area contributed by atoms with Gasteiger partial charge in [-0.25, -0.2) is 15.4 Å². The summed E-state index contributed by atoms with van der Waals surface area (Å²) >= 11 is 0. The highest BCUT2D eigenvalue weighted by Crippen LogP contribution is 2.29. The van der Waals surface area contributed by atoms with Crippen LogP contribution in [0, 0.1) is 0 Å². The molecule has 4 aromatic rings. The predicted octanol–water partition coefficient (Wildman–Crippen LogP) is 4.02. The Hall–Kier alpha value is -4.24. The number of hydrogen-bond donors (Lipinski definition) is 5. The van der Waals surface area contributed by atoms with Gasteiger partial charge in [-0.15, -0.1) is 0 Å². The van der Waals surface area contributed by atoms with Crippen LogP contribution < -0.4 is 16.1 Å². The summed E-state index contributed by atoms with van der Waals surface area (Å²) in [6.07, 6.45) is 1.42. The van der Waals surface area contributed by atoms with Gasteiger partial charge in [-0.05, 0) is 36.2 Å². The third-order valence-corrected chi connectivity index (χ3v) is 5.26. The standard InChI is InChI=1S/C24H24N6O3/c1-15(16-5-3-2-4-6-16)27-23-19-13-20(29-24(19)26-14-25-23)17-7-9-18(10-8-17)28-21(31)11-12-22(32)30-33/h2-10,13-15,33H,11-12H2,1H3,(H,28,31)(H,30,32)(H2,25,26,27,29)/t15-/m1/s1. The number of nitrogens with zero attached hydrogens (tertiary/aromatic N) is 2. The molecule has 4 rings (SSSR count). The maximum absolute atomic E-state index is 11.9. The number of hydroxylamine groups is 1. The number of benzene rings is 2. The monoisotopic (exact) mass is 444 g/mol. The van der Waals surface area contributed by atoms with E-state index >= 15 is 0 Å². The summed E-state index contributed by atoms with van der Waals surface area (Å²) in [5.41, 5.74) is 5.80. The number of rotatable bonds is 8. The molecule has 0 spiro atoms. The first-order chi connectivity index (χ1) is 16.0. The lowest BCUT2D eigenvalue weighted by molar-refractivity contribution is -0.131. The van der Waals surface area contributed by atoms with Crippen molar-refractivity contribution in [2.75, 3.05) is 10.6 Å². The Labute approximate surface area is 190 Å². The van der Waals surface area contributed by atoms with Crippen molar-refractivity contribution in [1.29, 1.82) is 0 Å². The van der Waals surface area contributed by atoms with Crippen molar-refractivity contribution in [2.24, 2.45) is 0 Å². The molecular formula is C24H24N6O3. The molecule has 2 aromatic carbocycles. The number of hydrogen-bond acceptors (Lipinski definition) is 6. The Morgan fingerprint density at radius 2 is 1.73 bits per heavy atom. The molecule has 2 amide bonds. The minimum absolute atomic E-state index is 0.0218. The molecule has 0 radical (unpaired) electrons. The van der Waals surface area contributed by atoms with E-state index in [9.17, 15) is 9.59 Å². The lowest BCUT2D eigenvalue weighted by atomic mass is 10.1. The zero-order valence-electron chi connectivity index (χ0n) is 18.0. The third-order valence-electron chi connectivity index (χ3n) is 5.26. The van der Waals surface area contributed by atoms with Gasteiger partial charge in [0.1, 0.15) is 17.8 Å². The van der Waals surface area contributed by atoms with E-state index in [0.29, 0.717) is 5.69 Å². The summed E-state index contributed by atoms with van der Waals surface area (Å²) in [6, 6.07) is 19.6. The van der Waals surface area contributed by atoms with E-state index in [2.05, 4.69) is 44.6 Å². The van der Waals surface area contributed by atoms with Gasteiger partial charge in [-0.2, -0.15) is 0 Å². The van der Waals surface area contributed by atoms with Crippen molar-refractivity contribution in [3.8, 4) is 11.3 Å². The van der Waals surface area contributed by atoms with Gasteiger partial charge in [0, 0.05) is 30.3 Å². The van der Waals surface area contributed by atoms with Crippen LogP contribution in [0.4, 0.5) is 11.5 Å². The van der Waals surface area contributed by atoms with Crippen LogP contribution in [0.25, 0.3) is 22.3 Å². The molecular weight excluding hydrogens is 420 g/mol. The Morgan fingerprint density at radius 3 is 2.45 bits per heavy atom. The maximum Gasteiger partial charge on any atom is 0.243 e. The van der Waals surface area contributed by atoms with Gasteiger partial charge >= 0.3 is 0 Å². The molecule has 0 saturated carbocycles. The largest absolute Gasteiger partial charge is 0.363 e. The average molecular weight is 444 g/mol. The lowest BCUT2D eigenvalue weighted by Gasteiger charge is -2.15. The molecule has 1 atom stereocenters. The molecule has 0 bridgehead atoms. The van der Waals surface area contributed by atoms with E-state index < -0.39 is 5.91 Å². The number of carbonyl (C=O) groups is 2. The summed E-state index contributed by atoms with van der Waals surface area (Å²) in [6.45, 7) is 2.08. The van der Waals surface area contributed by atoms with Crippen LogP contribution in [0.1, 0.15) is 31.4 Å². The van der Waals surface area contributed by atoms with E-state index in [1.165, 1.54) is 11.8 Å². The van der Waals surface area contributed by atoms with E-state index in [0.717, 1.165) is 33.7 Å². The van der Waals surface area contributed by atoms with Gasteiger partial charge in [-0.3, -0.25) is 14.8 Å². The highest BCUT2D eigenvalue weighted by atomic mass is 16.5. The molecule has 168 valence electrons. The van der Waals surface area contributed by atoms with E-state index in [4.69, 9.17) is 5.21 Å². The first-order valence-corrected chi connectivity index (χ1v) is 10.5. The minimum atomic E-state index is -0.602. The van der Waals surface area contributed by atoms with Crippen LogP contribution in [-0.4, -0.2) is 32.0 Å². The van der Waals surface area contributed by atoms with Crippen molar-refractivity contribution < 1.29 is 14.8 Å². The smallest absolute Gasteiger partial charge is 0.243 e. The molecule has 33 heavy (non-hydrogen) atoms. The zero-order chi connectivity index (χ0) is 23.2. The van der Waals surface area contributed by atoms with Crippen molar-refractivity contribution in [3.05, 3.63) is 72.6 Å². The van der Waals surface area contributed by atoms with Gasteiger partial charge in [-0.1, -0.05) is 42.5 Å². The molecule has 0 aliphatic rings. The van der Waals surface area contributed by atoms with Gasteiger partial charge in [0.15, 0.2) is 0 Å². The van der Waals surface area contributed by atoms with E-state index in [-0.39, 0.29) is 24.8 Å². The molecule has 9 heteroatoms. The molecule has 9 nitrogen and oxygen atoms in total. The summed E-state index contributed by atoms with van der Waals surface area (Å²) in [4.78, 5) is 35.1. The summed E-state index contributed by atoms with van der Waals surface area (Å²) < 4.78 is 0. The Morgan fingerprint density at radius 1 is 1.00 bits per heavy atom. The van der Waals surface area contributed by atoms with Gasteiger partial charge in [0.25, 0.3) is 0 Å². The SMILES string of the molecule is C[C@@H](Nc1ncnc2[nH]c(-c3ccc(NC(=O)CCC(=O)NO)cc3)cc12)c1ccccc1. The van der Waals surface area contributed by atoms with Crippen LogP contribution in [0.15, 0.2) is 67.0 Å². The molecule has 2 heterocycles. The van der Waals surface area contributed by atoms with Gasteiger partial charge in [0.2, 0.25) is 11.8 Å². The van der Waals surface area contributed by atoms with Crippen LogP contribution in [-0.2, 0) is 9.59 Å². The highest BCUT2D eigenvalue weighted by molar-refractivity contribution is 5.94. The first kappa shape index (κ1) is 22.0. The predicted molar refractivity (Wildman–Crippen MR) is 126 cm³/mol. The number of amides is 2. The average Bonchev–Trinajstić information content (AvgIpc) is 3.29. The molecule has 0 aliphatic carbocycles. The molecule has 0 unspecified atom stereocenters. The van der Waals surface area contributed by atoms with Crippen LogP contribution >= 0.6 is 0 Å². The number of nitrogens with one attached hydrogen (secondary N) is 4. The Balaban J connectivity index is 1.48. The number of anilines is 2. The number of H-pyrrole nitrogens is 1. The second-order valence-electron chi connectivity index (χ2n) is 7.60. The topological polar surface area (TPSA) is 132 Å². The number of carbonyl (C=O) groups excluding carboxylic acids is 2. The fourth-order valence-electron chi connectivity index (χ4n) is 3.48. The maximum atomic E-state index is 11.9. The molecule has 0 fully saturated rings. The number of aromatic amines is 1. The first-order valence-electron chi connectivity index (χ1n) is 10.5. The summed E-state index contributed by atoms with van der Waals surface area (Å²) in [5.74, 6) is -0.167. The second kappa shape index (κ2) is 9.92. The normalized spacial score (nSPS) is 11.7. The van der Waals surface area contributed by atoms with Crippen LogP contribution in [0.2, 0.25) is 0 Å². The minimum Gasteiger partial charge on any atom is -0.363 e. The molecule has 0 saturated heterocycles. The van der Waals surface area contributed by atoms with Crippen LogP contribution in [0.5, 0.6) is 0 Å². The molecule has 2 aromatic heterocycles. The highest BCUT2D eigenvalue weighted by Gasteiger charge is 2.13. The Bertz CT molecular complexity index is 1250. The summed E-state index contributed by atoms with van der Waals surface area (Å²) in [7, 11) is 0. The number of fused-ring (bicyclic) bond motifs is 1.